The van der Waals surface area contributed by atoms with Gasteiger partial charge in [-0.3, -0.25) is 4.99 Å². The molecule has 27 heavy (non-hydrogen) atoms. The van der Waals surface area contributed by atoms with E-state index >= 15 is 0 Å². The molecule has 0 unspecified atom stereocenters. The second-order valence-corrected chi connectivity index (χ2v) is 6.42. The third kappa shape index (κ3) is 2.87. The van der Waals surface area contributed by atoms with Gasteiger partial charge in [0.05, 0.1) is 6.54 Å². The fourth-order valence-electron chi connectivity index (χ4n) is 3.10. The minimum atomic E-state index is 0.530. The van der Waals surface area contributed by atoms with Crippen LogP contribution in [0.25, 0.3) is 0 Å². The van der Waals surface area contributed by atoms with Gasteiger partial charge in [-0.15, -0.1) is 0 Å². The Morgan fingerprint density at radius 3 is 2.70 bits per heavy atom. The summed E-state index contributed by atoms with van der Waals surface area (Å²) in [5.41, 5.74) is 3.98. The molecule has 0 radical (unpaired) electrons. The maximum Gasteiger partial charge on any atom is 0.254 e. The van der Waals surface area contributed by atoms with Crippen LogP contribution in [0.5, 0.6) is 11.5 Å². The SMILES string of the molecule is Cc1ccc(CN=C2C(c3ccc4c(c3)OCCO4)=Nc3ncnn32)cc1. The van der Waals surface area contributed by atoms with Crippen LogP contribution >= 0.6 is 0 Å². The first-order chi connectivity index (χ1) is 13.3. The van der Waals surface area contributed by atoms with Crippen LogP contribution in [-0.4, -0.2) is 39.5 Å². The van der Waals surface area contributed by atoms with Gasteiger partial charge < -0.3 is 9.47 Å². The third-order valence-corrected chi connectivity index (χ3v) is 4.50. The topological polar surface area (TPSA) is 73.9 Å². The Balaban J connectivity index is 1.51. The van der Waals surface area contributed by atoms with Gasteiger partial charge in [0.2, 0.25) is 0 Å². The van der Waals surface area contributed by atoms with Gasteiger partial charge in [-0.2, -0.15) is 14.8 Å². The lowest BCUT2D eigenvalue weighted by molar-refractivity contribution is 0.171. The van der Waals surface area contributed by atoms with Gasteiger partial charge in [0.25, 0.3) is 5.95 Å². The molecular formula is C20H17N5O2. The number of aromatic nitrogens is 3. The highest BCUT2D eigenvalue weighted by Gasteiger charge is 2.26. The highest BCUT2D eigenvalue weighted by Crippen LogP contribution is 2.32. The number of hydrogen-bond acceptors (Lipinski definition) is 6. The second-order valence-electron chi connectivity index (χ2n) is 6.42. The van der Waals surface area contributed by atoms with Crippen LogP contribution in [-0.2, 0) is 6.54 Å². The molecule has 0 amide bonds. The molecule has 0 bridgehead atoms. The number of fused-ring (bicyclic) bond motifs is 2. The number of aliphatic imine (C=N–C) groups is 2. The average Bonchev–Trinajstić information content (AvgIpc) is 3.29. The number of rotatable bonds is 3. The molecular weight excluding hydrogens is 342 g/mol. The van der Waals surface area contributed by atoms with Crippen LogP contribution in [0.1, 0.15) is 16.7 Å². The molecule has 3 aromatic rings. The standard InChI is InChI=1S/C20H17N5O2/c1-13-2-4-14(5-3-13)11-21-19-18(24-20-22-12-23-25(19)20)15-6-7-16-17(10-15)27-9-8-26-16/h2-7,10,12H,8-9,11H2,1H3. The number of nitrogens with zero attached hydrogens (tertiary/aromatic N) is 5. The van der Waals surface area contributed by atoms with Gasteiger partial charge in [0.15, 0.2) is 17.3 Å². The van der Waals surface area contributed by atoms with Gasteiger partial charge >= 0.3 is 0 Å². The van der Waals surface area contributed by atoms with Crippen LogP contribution in [0.3, 0.4) is 0 Å². The van der Waals surface area contributed by atoms with Gasteiger partial charge in [-0.25, -0.2) is 4.99 Å². The van der Waals surface area contributed by atoms with Crippen molar-refractivity contribution in [3.8, 4) is 11.5 Å². The molecule has 5 rings (SSSR count). The molecule has 0 atom stereocenters. The summed E-state index contributed by atoms with van der Waals surface area (Å²) in [5.74, 6) is 2.68. The zero-order valence-electron chi connectivity index (χ0n) is 14.8. The van der Waals surface area contributed by atoms with Crippen LogP contribution in [0, 0.1) is 6.92 Å². The number of hydrogen-bond donors (Lipinski definition) is 0. The van der Waals surface area contributed by atoms with Crippen LogP contribution < -0.4 is 9.47 Å². The smallest absolute Gasteiger partial charge is 0.254 e. The van der Waals surface area contributed by atoms with Crippen molar-refractivity contribution in [2.75, 3.05) is 13.2 Å². The van der Waals surface area contributed by atoms with Gasteiger partial charge in [0.1, 0.15) is 25.3 Å². The Morgan fingerprint density at radius 1 is 1.04 bits per heavy atom. The zero-order valence-corrected chi connectivity index (χ0v) is 14.8. The molecule has 7 heteroatoms. The maximum atomic E-state index is 5.70. The van der Waals surface area contributed by atoms with E-state index in [4.69, 9.17) is 14.5 Å². The van der Waals surface area contributed by atoms with E-state index in [-0.39, 0.29) is 0 Å². The lowest BCUT2D eigenvalue weighted by Gasteiger charge is -2.18. The average molecular weight is 359 g/mol. The van der Waals surface area contributed by atoms with Crippen LogP contribution in [0.2, 0.25) is 0 Å². The van der Waals surface area contributed by atoms with Crippen molar-refractivity contribution in [2.24, 2.45) is 9.98 Å². The summed E-state index contributed by atoms with van der Waals surface area (Å²) in [6, 6.07) is 14.1. The molecule has 3 heterocycles. The van der Waals surface area contributed by atoms with E-state index < -0.39 is 0 Å². The van der Waals surface area contributed by atoms with E-state index in [1.165, 1.54) is 11.9 Å². The molecule has 0 N–H and O–H groups in total. The highest BCUT2D eigenvalue weighted by atomic mass is 16.6. The molecule has 2 aliphatic heterocycles. The summed E-state index contributed by atoms with van der Waals surface area (Å²) in [5, 5.41) is 4.27. The van der Waals surface area contributed by atoms with Crippen molar-refractivity contribution in [1.82, 2.24) is 14.8 Å². The third-order valence-electron chi connectivity index (χ3n) is 4.50. The van der Waals surface area contributed by atoms with Crippen molar-refractivity contribution in [3.05, 3.63) is 65.5 Å². The highest BCUT2D eigenvalue weighted by molar-refractivity contribution is 6.50. The summed E-state index contributed by atoms with van der Waals surface area (Å²) < 4.78 is 13.0. The minimum absolute atomic E-state index is 0.530. The molecule has 0 fully saturated rings. The first-order valence-corrected chi connectivity index (χ1v) is 8.77. The van der Waals surface area contributed by atoms with Crippen LogP contribution in [0.4, 0.5) is 5.95 Å². The molecule has 1 aromatic heterocycles. The van der Waals surface area contributed by atoms with Gasteiger partial charge in [-0.1, -0.05) is 29.8 Å². The van der Waals surface area contributed by atoms with Crippen molar-refractivity contribution in [2.45, 2.75) is 13.5 Å². The maximum absolute atomic E-state index is 5.70. The number of benzene rings is 2. The van der Waals surface area contributed by atoms with E-state index in [0.717, 1.165) is 28.3 Å². The Kier molecular flexibility index (Phi) is 3.71. The second kappa shape index (κ2) is 6.35. The molecule has 0 spiro atoms. The summed E-state index contributed by atoms with van der Waals surface area (Å²) in [4.78, 5) is 13.6. The fraction of sp³-hybridized carbons (Fsp3) is 0.200. The molecule has 0 saturated carbocycles. The van der Waals surface area contributed by atoms with E-state index in [2.05, 4.69) is 46.3 Å². The summed E-state index contributed by atoms with van der Waals surface area (Å²) >= 11 is 0. The first kappa shape index (κ1) is 15.7. The predicted molar refractivity (Wildman–Crippen MR) is 101 cm³/mol. The van der Waals surface area contributed by atoms with Crippen LogP contribution in [0.15, 0.2) is 58.8 Å². The van der Waals surface area contributed by atoms with Crippen molar-refractivity contribution < 1.29 is 9.47 Å². The van der Waals surface area contributed by atoms with Gasteiger partial charge in [-0.05, 0) is 30.7 Å². The molecule has 134 valence electrons. The van der Waals surface area contributed by atoms with E-state index in [9.17, 15) is 0 Å². The van der Waals surface area contributed by atoms with E-state index in [0.29, 0.717) is 31.5 Å². The van der Waals surface area contributed by atoms with E-state index in [1.54, 1.807) is 4.68 Å². The van der Waals surface area contributed by atoms with E-state index in [1.807, 2.05) is 18.2 Å². The Morgan fingerprint density at radius 2 is 1.85 bits per heavy atom. The summed E-state index contributed by atoms with van der Waals surface area (Å²) in [7, 11) is 0. The quantitative estimate of drug-likeness (QED) is 0.721. The largest absolute Gasteiger partial charge is 0.486 e. The lowest BCUT2D eigenvalue weighted by Crippen LogP contribution is -2.21. The summed E-state index contributed by atoms with van der Waals surface area (Å²) in [6.45, 7) is 3.72. The zero-order chi connectivity index (χ0) is 18.2. The Hall–Kier alpha value is -3.48. The van der Waals surface area contributed by atoms with Crippen molar-refractivity contribution in [1.29, 1.82) is 0 Å². The minimum Gasteiger partial charge on any atom is -0.486 e. The molecule has 2 aromatic carbocycles. The van der Waals surface area contributed by atoms with Crippen molar-refractivity contribution in [3.63, 3.8) is 0 Å². The first-order valence-electron chi connectivity index (χ1n) is 8.77. The lowest BCUT2D eigenvalue weighted by atomic mass is 10.1. The monoisotopic (exact) mass is 359 g/mol. The predicted octanol–water partition coefficient (Wildman–Crippen LogP) is 2.94. The molecule has 7 nitrogen and oxygen atoms in total. The molecule has 0 aliphatic carbocycles. The molecule has 0 saturated heterocycles. The van der Waals surface area contributed by atoms with Gasteiger partial charge in [0, 0.05) is 5.56 Å². The fourth-order valence-corrected chi connectivity index (χ4v) is 3.10. The van der Waals surface area contributed by atoms with Crippen molar-refractivity contribution >= 4 is 17.5 Å². The number of ether oxygens (including phenoxy) is 2. The normalized spacial score (nSPS) is 16.3. The molecule has 2 aliphatic rings. The Labute approximate surface area is 156 Å². The Bertz CT molecular complexity index is 1070. The summed E-state index contributed by atoms with van der Waals surface area (Å²) in [6.07, 6.45) is 1.49. The number of aryl methyl sites for hydroxylation is 1.